The van der Waals surface area contributed by atoms with Gasteiger partial charge in [-0.3, -0.25) is 4.79 Å². The van der Waals surface area contributed by atoms with E-state index in [-0.39, 0.29) is 11.3 Å². The summed E-state index contributed by atoms with van der Waals surface area (Å²) in [6.07, 6.45) is 6.07. The zero-order chi connectivity index (χ0) is 16.7. The second-order valence-electron chi connectivity index (χ2n) is 7.23. The Morgan fingerprint density at radius 2 is 1.79 bits per heavy atom. The standard InChI is InChI=1S/C21H23NOS/c1-15(2)16-5-7-18(8-6-16)22-19(17-9-12-24-14-17)13-20(23)21(22)10-3-4-11-21/h5-9,12-15H,3-4,10-11H2,1-2H3. The molecule has 1 aromatic carbocycles. The molecule has 0 amide bonds. The van der Waals surface area contributed by atoms with Crippen LogP contribution in [0.3, 0.4) is 0 Å². The molecule has 0 bridgehead atoms. The van der Waals surface area contributed by atoms with Crippen LogP contribution in [-0.4, -0.2) is 11.3 Å². The molecule has 1 aliphatic heterocycles. The van der Waals surface area contributed by atoms with Crippen LogP contribution in [0.1, 0.15) is 56.6 Å². The summed E-state index contributed by atoms with van der Waals surface area (Å²) in [6, 6.07) is 10.9. The van der Waals surface area contributed by atoms with E-state index in [0.717, 1.165) is 42.6 Å². The molecule has 2 heterocycles. The Bertz CT molecular complexity index is 765. The van der Waals surface area contributed by atoms with Crippen LogP contribution >= 0.6 is 11.3 Å². The summed E-state index contributed by atoms with van der Waals surface area (Å²) in [4.78, 5) is 15.3. The van der Waals surface area contributed by atoms with Crippen LogP contribution in [0.2, 0.25) is 0 Å². The average Bonchev–Trinajstić information content (AvgIpc) is 3.31. The van der Waals surface area contributed by atoms with Crippen LogP contribution in [-0.2, 0) is 4.79 Å². The summed E-state index contributed by atoms with van der Waals surface area (Å²) in [5.41, 5.74) is 4.36. The van der Waals surface area contributed by atoms with Crippen molar-refractivity contribution >= 4 is 28.5 Å². The molecule has 2 nitrogen and oxygen atoms in total. The largest absolute Gasteiger partial charge is 0.327 e. The average molecular weight is 337 g/mol. The third kappa shape index (κ3) is 2.34. The highest BCUT2D eigenvalue weighted by molar-refractivity contribution is 7.08. The van der Waals surface area contributed by atoms with Crippen LogP contribution in [0, 0.1) is 0 Å². The first-order chi connectivity index (χ1) is 11.6. The van der Waals surface area contributed by atoms with Crippen molar-refractivity contribution in [2.24, 2.45) is 0 Å². The monoisotopic (exact) mass is 337 g/mol. The third-order valence-electron chi connectivity index (χ3n) is 5.46. The molecule has 3 heteroatoms. The summed E-state index contributed by atoms with van der Waals surface area (Å²) in [7, 11) is 0. The molecule has 1 saturated carbocycles. The molecule has 1 fully saturated rings. The smallest absolute Gasteiger partial charge is 0.183 e. The fourth-order valence-corrected chi connectivity index (χ4v) is 4.76. The zero-order valence-electron chi connectivity index (χ0n) is 14.3. The van der Waals surface area contributed by atoms with Crippen molar-refractivity contribution in [1.29, 1.82) is 0 Å². The van der Waals surface area contributed by atoms with Gasteiger partial charge in [-0.2, -0.15) is 11.3 Å². The molecule has 0 saturated heterocycles. The summed E-state index contributed by atoms with van der Waals surface area (Å²) < 4.78 is 0. The van der Waals surface area contributed by atoms with Crippen molar-refractivity contribution in [2.75, 3.05) is 4.90 Å². The van der Waals surface area contributed by atoms with E-state index in [1.807, 2.05) is 6.08 Å². The van der Waals surface area contributed by atoms with E-state index < -0.39 is 0 Å². The molecule has 0 N–H and O–H groups in total. The van der Waals surface area contributed by atoms with Gasteiger partial charge in [-0.1, -0.05) is 38.8 Å². The lowest BCUT2D eigenvalue weighted by Crippen LogP contribution is -2.47. The van der Waals surface area contributed by atoms with Crippen molar-refractivity contribution < 1.29 is 4.79 Å². The molecule has 0 radical (unpaired) electrons. The Balaban J connectivity index is 1.81. The van der Waals surface area contributed by atoms with Gasteiger partial charge < -0.3 is 4.90 Å². The van der Waals surface area contributed by atoms with E-state index >= 15 is 0 Å². The quantitative estimate of drug-likeness (QED) is 0.725. The van der Waals surface area contributed by atoms with Gasteiger partial charge in [-0.05, 0) is 47.9 Å². The van der Waals surface area contributed by atoms with Crippen molar-refractivity contribution in [1.82, 2.24) is 0 Å². The first-order valence-electron chi connectivity index (χ1n) is 8.81. The van der Waals surface area contributed by atoms with Gasteiger partial charge >= 0.3 is 0 Å². The fourth-order valence-electron chi connectivity index (χ4n) is 4.11. The third-order valence-corrected chi connectivity index (χ3v) is 6.14. The Hall–Kier alpha value is -1.87. The van der Waals surface area contributed by atoms with Crippen LogP contribution in [0.15, 0.2) is 47.2 Å². The van der Waals surface area contributed by atoms with Gasteiger partial charge in [0, 0.05) is 22.7 Å². The molecular formula is C21H23NOS. The molecule has 2 aliphatic rings. The van der Waals surface area contributed by atoms with Gasteiger partial charge in [0.25, 0.3) is 0 Å². The summed E-state index contributed by atoms with van der Waals surface area (Å²) >= 11 is 1.68. The van der Waals surface area contributed by atoms with Crippen molar-refractivity contribution in [3.63, 3.8) is 0 Å². The number of ketones is 1. The van der Waals surface area contributed by atoms with Gasteiger partial charge in [0.05, 0.1) is 5.70 Å². The maximum atomic E-state index is 12.9. The molecular weight excluding hydrogens is 314 g/mol. The van der Waals surface area contributed by atoms with Crippen molar-refractivity contribution in [3.8, 4) is 0 Å². The number of benzene rings is 1. The number of thiophene rings is 1. The molecule has 1 aliphatic carbocycles. The van der Waals surface area contributed by atoms with E-state index in [9.17, 15) is 4.79 Å². The van der Waals surface area contributed by atoms with Gasteiger partial charge in [-0.25, -0.2) is 0 Å². The minimum Gasteiger partial charge on any atom is -0.327 e. The highest BCUT2D eigenvalue weighted by atomic mass is 32.1. The van der Waals surface area contributed by atoms with E-state index in [0.29, 0.717) is 5.92 Å². The highest BCUT2D eigenvalue weighted by Crippen LogP contribution is 2.48. The number of nitrogens with zero attached hydrogens (tertiary/aromatic N) is 1. The zero-order valence-corrected chi connectivity index (χ0v) is 15.1. The first-order valence-corrected chi connectivity index (χ1v) is 9.75. The molecule has 24 heavy (non-hydrogen) atoms. The molecule has 2 aromatic rings. The van der Waals surface area contributed by atoms with Crippen molar-refractivity contribution in [2.45, 2.75) is 51.0 Å². The Labute approximate surface area is 147 Å². The lowest BCUT2D eigenvalue weighted by molar-refractivity contribution is -0.118. The van der Waals surface area contributed by atoms with Crippen LogP contribution in [0.4, 0.5) is 5.69 Å². The van der Waals surface area contributed by atoms with E-state index in [2.05, 4.69) is 59.8 Å². The minimum absolute atomic E-state index is 0.286. The Morgan fingerprint density at radius 1 is 1.08 bits per heavy atom. The second kappa shape index (κ2) is 5.89. The maximum Gasteiger partial charge on any atom is 0.183 e. The summed E-state index contributed by atoms with van der Waals surface area (Å²) in [5.74, 6) is 0.806. The molecule has 1 spiro atoms. The van der Waals surface area contributed by atoms with Crippen LogP contribution in [0.5, 0.6) is 0 Å². The van der Waals surface area contributed by atoms with Crippen LogP contribution in [0.25, 0.3) is 5.70 Å². The lowest BCUT2D eigenvalue weighted by Gasteiger charge is -2.37. The number of hydrogen-bond acceptors (Lipinski definition) is 3. The topological polar surface area (TPSA) is 20.3 Å². The number of anilines is 1. The van der Waals surface area contributed by atoms with E-state index in [4.69, 9.17) is 0 Å². The maximum absolute atomic E-state index is 12.9. The summed E-state index contributed by atoms with van der Waals surface area (Å²) in [5, 5.41) is 4.23. The SMILES string of the molecule is CC(C)c1ccc(N2C(c3ccsc3)=CC(=O)C23CCCC3)cc1. The molecule has 1 aromatic heterocycles. The lowest BCUT2D eigenvalue weighted by atomic mass is 9.92. The molecule has 4 rings (SSSR count). The van der Waals surface area contributed by atoms with Gasteiger partial charge in [0.15, 0.2) is 5.78 Å². The second-order valence-corrected chi connectivity index (χ2v) is 8.01. The first kappa shape index (κ1) is 15.6. The van der Waals surface area contributed by atoms with Gasteiger partial charge in [0.1, 0.15) is 5.54 Å². The normalized spacial score (nSPS) is 19.5. The van der Waals surface area contributed by atoms with E-state index in [1.165, 1.54) is 5.56 Å². The summed E-state index contributed by atoms with van der Waals surface area (Å²) in [6.45, 7) is 4.42. The molecule has 0 unspecified atom stereocenters. The number of carbonyl (C=O) groups excluding carboxylic acids is 1. The van der Waals surface area contributed by atoms with E-state index in [1.54, 1.807) is 11.3 Å². The fraction of sp³-hybridized carbons (Fsp3) is 0.381. The predicted molar refractivity (Wildman–Crippen MR) is 102 cm³/mol. The van der Waals surface area contributed by atoms with Gasteiger partial charge in [0.2, 0.25) is 0 Å². The number of rotatable bonds is 3. The van der Waals surface area contributed by atoms with Gasteiger partial charge in [-0.15, -0.1) is 0 Å². The van der Waals surface area contributed by atoms with Crippen LogP contribution < -0.4 is 4.90 Å². The highest BCUT2D eigenvalue weighted by Gasteiger charge is 2.50. The molecule has 124 valence electrons. The number of hydrogen-bond donors (Lipinski definition) is 0. The Morgan fingerprint density at radius 3 is 2.38 bits per heavy atom. The number of carbonyl (C=O) groups is 1. The predicted octanol–water partition coefficient (Wildman–Crippen LogP) is 5.61. The molecule has 0 atom stereocenters. The Kier molecular flexibility index (Phi) is 3.84. The minimum atomic E-state index is -0.351. The van der Waals surface area contributed by atoms with Crippen molar-refractivity contribution in [3.05, 3.63) is 58.3 Å².